The molecule has 1 amide bonds. The summed E-state index contributed by atoms with van der Waals surface area (Å²) < 4.78 is 10.5. The summed E-state index contributed by atoms with van der Waals surface area (Å²) in [4.78, 5) is 29.1. The molecule has 6 nitrogen and oxygen atoms in total. The van der Waals surface area contributed by atoms with E-state index in [1.807, 2.05) is 18.2 Å². The van der Waals surface area contributed by atoms with E-state index >= 15 is 0 Å². The highest BCUT2D eigenvalue weighted by Gasteiger charge is 2.26. The molecule has 1 N–H and O–H groups in total. The maximum atomic E-state index is 12.4. The molecule has 0 saturated heterocycles. The molecular formula is C18H20N2O4. The lowest BCUT2D eigenvalue weighted by atomic mass is 10.0. The number of aromatic amines is 1. The SMILES string of the molecule is CCOC(=O)C1=CN(C(C)=O)CCc2c1[nH]c1ccc(OC)cc21. The quantitative estimate of drug-likeness (QED) is 0.879. The van der Waals surface area contributed by atoms with Crippen LogP contribution in [0.5, 0.6) is 5.75 Å². The molecule has 0 atom stereocenters. The first-order valence-electron chi connectivity index (χ1n) is 7.90. The summed E-state index contributed by atoms with van der Waals surface area (Å²) in [7, 11) is 1.62. The number of carbonyl (C=O) groups is 2. The molecule has 1 aliphatic heterocycles. The van der Waals surface area contributed by atoms with Crippen LogP contribution in [-0.4, -0.2) is 42.0 Å². The van der Waals surface area contributed by atoms with Gasteiger partial charge in [0.05, 0.1) is 25.0 Å². The normalized spacial score (nSPS) is 14.0. The zero-order valence-electron chi connectivity index (χ0n) is 14.0. The lowest BCUT2D eigenvalue weighted by Gasteiger charge is -2.15. The number of ether oxygens (including phenoxy) is 2. The van der Waals surface area contributed by atoms with Gasteiger partial charge in [0.1, 0.15) is 5.75 Å². The Morgan fingerprint density at radius 3 is 2.79 bits per heavy atom. The third-order valence-corrected chi connectivity index (χ3v) is 4.17. The molecule has 0 unspecified atom stereocenters. The van der Waals surface area contributed by atoms with Crippen LogP contribution in [0.1, 0.15) is 25.1 Å². The highest BCUT2D eigenvalue weighted by atomic mass is 16.5. The molecule has 0 saturated carbocycles. The molecule has 1 aromatic carbocycles. The van der Waals surface area contributed by atoms with E-state index in [4.69, 9.17) is 9.47 Å². The third-order valence-electron chi connectivity index (χ3n) is 4.17. The standard InChI is InChI=1S/C18H20N2O4/c1-4-24-18(22)15-10-20(11(2)21)8-7-13-14-9-12(23-3)5-6-16(14)19-17(13)15/h5-6,9-10,19H,4,7-8H2,1-3H3. The molecular weight excluding hydrogens is 308 g/mol. The summed E-state index contributed by atoms with van der Waals surface area (Å²) in [5, 5.41) is 0.991. The molecule has 0 bridgehead atoms. The van der Waals surface area contributed by atoms with Crippen LogP contribution in [-0.2, 0) is 20.7 Å². The summed E-state index contributed by atoms with van der Waals surface area (Å²) >= 11 is 0. The van der Waals surface area contributed by atoms with E-state index in [0.717, 1.165) is 22.2 Å². The number of hydrogen-bond acceptors (Lipinski definition) is 4. The Morgan fingerprint density at radius 1 is 1.33 bits per heavy atom. The molecule has 0 spiro atoms. The van der Waals surface area contributed by atoms with Crippen molar-refractivity contribution in [3.8, 4) is 5.75 Å². The number of amides is 1. The maximum absolute atomic E-state index is 12.4. The van der Waals surface area contributed by atoms with E-state index in [1.165, 1.54) is 6.92 Å². The number of esters is 1. The lowest BCUT2D eigenvalue weighted by Crippen LogP contribution is -2.25. The Bertz CT molecular complexity index is 835. The number of fused-ring (bicyclic) bond motifs is 3. The van der Waals surface area contributed by atoms with Gasteiger partial charge in [-0.25, -0.2) is 4.79 Å². The molecule has 6 heteroatoms. The number of benzene rings is 1. The first kappa shape index (κ1) is 16.1. The van der Waals surface area contributed by atoms with E-state index in [1.54, 1.807) is 25.1 Å². The van der Waals surface area contributed by atoms with Gasteiger partial charge in [-0.15, -0.1) is 0 Å². The van der Waals surface area contributed by atoms with Crippen LogP contribution in [0.4, 0.5) is 0 Å². The monoisotopic (exact) mass is 328 g/mol. The van der Waals surface area contributed by atoms with Gasteiger partial charge in [-0.2, -0.15) is 0 Å². The molecule has 1 aromatic heterocycles. The van der Waals surface area contributed by atoms with Gasteiger partial charge in [0.2, 0.25) is 5.91 Å². The van der Waals surface area contributed by atoms with Crippen molar-refractivity contribution >= 4 is 28.4 Å². The van der Waals surface area contributed by atoms with Gasteiger partial charge in [-0.3, -0.25) is 4.79 Å². The number of hydrogen-bond donors (Lipinski definition) is 1. The summed E-state index contributed by atoms with van der Waals surface area (Å²) in [6, 6.07) is 5.74. The van der Waals surface area contributed by atoms with Crippen LogP contribution in [0.15, 0.2) is 24.4 Å². The highest BCUT2D eigenvalue weighted by molar-refractivity contribution is 6.18. The molecule has 2 aromatic rings. The van der Waals surface area contributed by atoms with Crippen LogP contribution in [0.2, 0.25) is 0 Å². The van der Waals surface area contributed by atoms with Crippen molar-refractivity contribution in [1.29, 1.82) is 0 Å². The van der Waals surface area contributed by atoms with Crippen LogP contribution in [0.25, 0.3) is 16.5 Å². The Hall–Kier alpha value is -2.76. The zero-order chi connectivity index (χ0) is 17.3. The summed E-state index contributed by atoms with van der Waals surface area (Å²) in [5.74, 6) is 0.202. The van der Waals surface area contributed by atoms with Crippen LogP contribution in [0.3, 0.4) is 0 Å². The molecule has 24 heavy (non-hydrogen) atoms. The Labute approximate surface area is 140 Å². The van der Waals surface area contributed by atoms with Crippen molar-refractivity contribution in [2.75, 3.05) is 20.3 Å². The second-order valence-electron chi connectivity index (χ2n) is 5.62. The third kappa shape index (κ3) is 2.75. The van der Waals surface area contributed by atoms with Gasteiger partial charge < -0.3 is 19.4 Å². The summed E-state index contributed by atoms with van der Waals surface area (Å²) in [6.45, 7) is 4.03. The molecule has 3 rings (SSSR count). The highest BCUT2D eigenvalue weighted by Crippen LogP contribution is 2.33. The molecule has 2 heterocycles. The average Bonchev–Trinajstić information content (AvgIpc) is 2.80. The number of carbonyl (C=O) groups excluding carboxylic acids is 2. The van der Waals surface area contributed by atoms with Crippen LogP contribution >= 0.6 is 0 Å². The van der Waals surface area contributed by atoms with Gasteiger partial charge in [-0.05, 0) is 37.1 Å². The minimum absolute atomic E-state index is 0.108. The van der Waals surface area contributed by atoms with Crippen LogP contribution in [0, 0.1) is 0 Å². The van der Waals surface area contributed by atoms with Crippen molar-refractivity contribution in [3.63, 3.8) is 0 Å². The largest absolute Gasteiger partial charge is 0.497 e. The first-order valence-corrected chi connectivity index (χ1v) is 7.90. The van der Waals surface area contributed by atoms with E-state index in [-0.39, 0.29) is 12.5 Å². The first-order chi connectivity index (χ1) is 11.5. The smallest absolute Gasteiger partial charge is 0.341 e. The minimum atomic E-state index is -0.439. The van der Waals surface area contributed by atoms with E-state index in [0.29, 0.717) is 24.2 Å². The topological polar surface area (TPSA) is 71.6 Å². The average molecular weight is 328 g/mol. The molecule has 0 aliphatic carbocycles. The molecule has 1 aliphatic rings. The molecule has 126 valence electrons. The Kier molecular flexibility index (Phi) is 4.29. The lowest BCUT2D eigenvalue weighted by molar-refractivity contribution is -0.136. The second kappa shape index (κ2) is 6.39. The van der Waals surface area contributed by atoms with Crippen molar-refractivity contribution in [1.82, 2.24) is 9.88 Å². The Balaban J connectivity index is 2.18. The van der Waals surface area contributed by atoms with Gasteiger partial charge in [-0.1, -0.05) is 0 Å². The van der Waals surface area contributed by atoms with Gasteiger partial charge in [0.25, 0.3) is 0 Å². The molecule has 0 radical (unpaired) electrons. The fourth-order valence-corrected chi connectivity index (χ4v) is 2.97. The number of methoxy groups -OCH3 is 1. The Morgan fingerprint density at radius 2 is 2.12 bits per heavy atom. The van der Waals surface area contributed by atoms with Gasteiger partial charge >= 0.3 is 5.97 Å². The summed E-state index contributed by atoms with van der Waals surface area (Å²) in [6.07, 6.45) is 2.22. The second-order valence-corrected chi connectivity index (χ2v) is 5.62. The van der Waals surface area contributed by atoms with Gasteiger partial charge in [0, 0.05) is 30.6 Å². The van der Waals surface area contributed by atoms with Crippen LogP contribution < -0.4 is 4.74 Å². The van der Waals surface area contributed by atoms with Gasteiger partial charge in [0.15, 0.2) is 0 Å². The number of H-pyrrole nitrogens is 1. The molecule has 0 fully saturated rings. The number of nitrogens with one attached hydrogen (secondary N) is 1. The maximum Gasteiger partial charge on any atom is 0.341 e. The van der Waals surface area contributed by atoms with Crippen molar-refractivity contribution in [3.05, 3.63) is 35.7 Å². The van der Waals surface area contributed by atoms with Crippen molar-refractivity contribution < 1.29 is 19.1 Å². The fourth-order valence-electron chi connectivity index (χ4n) is 2.97. The fraction of sp³-hybridized carbons (Fsp3) is 0.333. The van der Waals surface area contributed by atoms with E-state index in [2.05, 4.69) is 4.98 Å². The number of nitrogens with zero attached hydrogens (tertiary/aromatic N) is 1. The zero-order valence-corrected chi connectivity index (χ0v) is 14.0. The number of rotatable bonds is 3. The summed E-state index contributed by atoms with van der Waals surface area (Å²) in [5.41, 5.74) is 2.99. The van der Waals surface area contributed by atoms with E-state index in [9.17, 15) is 9.59 Å². The predicted octanol–water partition coefficient (Wildman–Crippen LogP) is 2.49. The number of aromatic nitrogens is 1. The van der Waals surface area contributed by atoms with Crippen molar-refractivity contribution in [2.24, 2.45) is 0 Å². The predicted molar refractivity (Wildman–Crippen MR) is 90.6 cm³/mol. The minimum Gasteiger partial charge on any atom is -0.497 e. The van der Waals surface area contributed by atoms with E-state index < -0.39 is 5.97 Å². The van der Waals surface area contributed by atoms with Crippen molar-refractivity contribution in [2.45, 2.75) is 20.3 Å².